The van der Waals surface area contributed by atoms with E-state index >= 15 is 0 Å². The first-order chi connectivity index (χ1) is 10.2. The highest BCUT2D eigenvalue weighted by Crippen LogP contribution is 2.16. The molecule has 0 radical (unpaired) electrons. The quantitative estimate of drug-likeness (QED) is 0.753. The third-order valence-electron chi connectivity index (χ3n) is 3.17. The minimum absolute atomic E-state index is 0.365. The van der Waals surface area contributed by atoms with Crippen molar-refractivity contribution in [2.45, 2.75) is 6.54 Å². The number of anilines is 1. The average molecular weight is 284 g/mol. The van der Waals surface area contributed by atoms with Gasteiger partial charge in [-0.3, -0.25) is 0 Å². The highest BCUT2D eigenvalue weighted by molar-refractivity contribution is 5.51. The molecule has 0 saturated carbocycles. The summed E-state index contributed by atoms with van der Waals surface area (Å²) >= 11 is 0. The van der Waals surface area contributed by atoms with Crippen LogP contribution < -0.4 is 5.32 Å². The topological polar surface area (TPSA) is 17.0 Å². The number of benzene rings is 2. The van der Waals surface area contributed by atoms with Crippen molar-refractivity contribution in [2.24, 2.45) is 0 Å². The fraction of sp³-hybridized carbons (Fsp3) is 0.0588. The van der Waals surface area contributed by atoms with Gasteiger partial charge in [0.25, 0.3) is 0 Å². The number of nitrogens with one attached hydrogen (secondary N) is 1. The molecular formula is C17H14F2N2. The van der Waals surface area contributed by atoms with E-state index in [4.69, 9.17) is 0 Å². The van der Waals surface area contributed by atoms with E-state index < -0.39 is 11.6 Å². The number of halogens is 2. The van der Waals surface area contributed by atoms with Crippen LogP contribution in [0.4, 0.5) is 14.5 Å². The molecule has 3 rings (SSSR count). The highest BCUT2D eigenvalue weighted by Gasteiger charge is 2.02. The lowest BCUT2D eigenvalue weighted by atomic mass is 10.2. The summed E-state index contributed by atoms with van der Waals surface area (Å²) in [7, 11) is 0. The van der Waals surface area contributed by atoms with Crippen molar-refractivity contribution >= 4 is 5.69 Å². The molecule has 0 atom stereocenters. The Balaban J connectivity index is 1.75. The Hall–Kier alpha value is -2.62. The minimum atomic E-state index is -0.562. The number of hydrogen-bond acceptors (Lipinski definition) is 1. The Morgan fingerprint density at radius 3 is 2.29 bits per heavy atom. The van der Waals surface area contributed by atoms with Gasteiger partial charge in [0.15, 0.2) is 0 Å². The fourth-order valence-corrected chi connectivity index (χ4v) is 2.20. The molecule has 21 heavy (non-hydrogen) atoms. The monoisotopic (exact) mass is 284 g/mol. The van der Waals surface area contributed by atoms with E-state index in [0.717, 1.165) is 17.4 Å². The Kier molecular flexibility index (Phi) is 3.69. The third-order valence-corrected chi connectivity index (χ3v) is 3.17. The van der Waals surface area contributed by atoms with Gasteiger partial charge in [0.2, 0.25) is 0 Å². The maximum atomic E-state index is 13.1. The van der Waals surface area contributed by atoms with Gasteiger partial charge in [0.05, 0.1) is 0 Å². The fourth-order valence-electron chi connectivity index (χ4n) is 2.20. The van der Waals surface area contributed by atoms with Gasteiger partial charge < -0.3 is 9.88 Å². The zero-order valence-electron chi connectivity index (χ0n) is 11.3. The van der Waals surface area contributed by atoms with Gasteiger partial charge in [-0.15, -0.1) is 0 Å². The first-order valence-electron chi connectivity index (χ1n) is 6.63. The molecule has 0 aliphatic carbocycles. The molecule has 3 aromatic rings. The molecule has 0 bridgehead atoms. The van der Waals surface area contributed by atoms with Crippen molar-refractivity contribution in [3.05, 3.63) is 84.2 Å². The summed E-state index contributed by atoms with van der Waals surface area (Å²) in [4.78, 5) is 0. The maximum Gasteiger partial charge on any atom is 0.126 e. The van der Waals surface area contributed by atoms with Crippen molar-refractivity contribution in [2.75, 3.05) is 5.32 Å². The van der Waals surface area contributed by atoms with E-state index in [1.165, 1.54) is 12.1 Å². The smallest absolute Gasteiger partial charge is 0.126 e. The molecule has 4 heteroatoms. The van der Waals surface area contributed by atoms with E-state index in [9.17, 15) is 8.78 Å². The van der Waals surface area contributed by atoms with Crippen molar-refractivity contribution in [1.29, 1.82) is 0 Å². The summed E-state index contributed by atoms with van der Waals surface area (Å²) in [6.45, 7) is 0.365. The molecule has 0 aliphatic heterocycles. The van der Waals surface area contributed by atoms with Crippen LogP contribution in [-0.2, 0) is 6.54 Å². The second kappa shape index (κ2) is 5.79. The lowest BCUT2D eigenvalue weighted by molar-refractivity contribution is 0.580. The number of aromatic nitrogens is 1. The van der Waals surface area contributed by atoms with Gasteiger partial charge in [-0.25, -0.2) is 8.78 Å². The largest absolute Gasteiger partial charge is 0.381 e. The summed E-state index contributed by atoms with van der Waals surface area (Å²) in [5.74, 6) is -1.12. The summed E-state index contributed by atoms with van der Waals surface area (Å²) in [5.41, 5.74) is 2.49. The van der Waals surface area contributed by atoms with E-state index in [2.05, 4.69) is 5.32 Å². The van der Waals surface area contributed by atoms with Crippen molar-refractivity contribution in [1.82, 2.24) is 4.57 Å². The molecule has 1 N–H and O–H groups in total. The summed E-state index contributed by atoms with van der Waals surface area (Å²) in [6.07, 6.45) is 3.92. The normalized spacial score (nSPS) is 10.6. The second-order valence-electron chi connectivity index (χ2n) is 4.77. The van der Waals surface area contributed by atoms with Crippen LogP contribution in [0.15, 0.2) is 67.0 Å². The molecule has 1 heterocycles. The zero-order chi connectivity index (χ0) is 14.7. The molecule has 2 nitrogen and oxygen atoms in total. The lowest BCUT2D eigenvalue weighted by Crippen LogP contribution is -2.01. The van der Waals surface area contributed by atoms with E-state index in [-0.39, 0.29) is 0 Å². The third kappa shape index (κ3) is 3.28. The number of nitrogens with zero attached hydrogens (tertiary/aromatic N) is 1. The van der Waals surface area contributed by atoms with Gasteiger partial charge in [0.1, 0.15) is 11.6 Å². The predicted molar refractivity (Wildman–Crippen MR) is 79.5 cm³/mol. The van der Waals surface area contributed by atoms with Crippen molar-refractivity contribution in [3.8, 4) is 5.69 Å². The van der Waals surface area contributed by atoms with Crippen molar-refractivity contribution in [3.63, 3.8) is 0 Å². The molecule has 0 spiro atoms. The van der Waals surface area contributed by atoms with E-state index in [1.807, 2.05) is 53.4 Å². The zero-order valence-corrected chi connectivity index (χ0v) is 11.3. The average Bonchev–Trinajstić information content (AvgIpc) is 2.99. The molecule has 0 unspecified atom stereocenters. The van der Waals surface area contributed by atoms with Crippen LogP contribution in [0.5, 0.6) is 0 Å². The van der Waals surface area contributed by atoms with E-state index in [1.54, 1.807) is 0 Å². The van der Waals surface area contributed by atoms with Gasteiger partial charge in [-0.2, -0.15) is 0 Å². The molecule has 0 fully saturated rings. The standard InChI is InChI=1S/C17H14F2N2/c18-14-8-13(9-15(19)10-14)12-20-16-4-3-5-17(11-16)21-6-1-2-7-21/h1-11,20H,12H2. The van der Waals surface area contributed by atoms with Crippen LogP contribution in [0, 0.1) is 11.6 Å². The van der Waals surface area contributed by atoms with Crippen LogP contribution in [0.3, 0.4) is 0 Å². The first-order valence-corrected chi connectivity index (χ1v) is 6.63. The highest BCUT2D eigenvalue weighted by atomic mass is 19.1. The van der Waals surface area contributed by atoms with Crippen LogP contribution >= 0.6 is 0 Å². The van der Waals surface area contributed by atoms with Gasteiger partial charge in [0, 0.05) is 36.4 Å². The minimum Gasteiger partial charge on any atom is -0.381 e. The first kappa shape index (κ1) is 13.4. The number of hydrogen-bond donors (Lipinski definition) is 1. The summed E-state index contributed by atoms with van der Waals surface area (Å²) < 4.78 is 28.3. The van der Waals surface area contributed by atoms with Gasteiger partial charge in [-0.1, -0.05) is 6.07 Å². The molecule has 2 aromatic carbocycles. The second-order valence-corrected chi connectivity index (χ2v) is 4.77. The molecular weight excluding hydrogens is 270 g/mol. The van der Waals surface area contributed by atoms with Gasteiger partial charge in [-0.05, 0) is 48.0 Å². The van der Waals surface area contributed by atoms with Gasteiger partial charge >= 0.3 is 0 Å². The van der Waals surface area contributed by atoms with Crippen LogP contribution in [0.1, 0.15) is 5.56 Å². The molecule has 106 valence electrons. The van der Waals surface area contributed by atoms with Crippen LogP contribution in [-0.4, -0.2) is 4.57 Å². The van der Waals surface area contributed by atoms with Crippen LogP contribution in [0.25, 0.3) is 5.69 Å². The molecule has 0 saturated heterocycles. The van der Waals surface area contributed by atoms with E-state index in [0.29, 0.717) is 12.1 Å². The Bertz CT molecular complexity index is 716. The van der Waals surface area contributed by atoms with Crippen LogP contribution in [0.2, 0.25) is 0 Å². The predicted octanol–water partition coefficient (Wildman–Crippen LogP) is 4.37. The molecule has 0 aliphatic rings. The Morgan fingerprint density at radius 1 is 0.857 bits per heavy atom. The summed E-state index contributed by atoms with van der Waals surface area (Å²) in [5, 5.41) is 3.17. The summed E-state index contributed by atoms with van der Waals surface area (Å²) in [6, 6.07) is 15.3. The number of rotatable bonds is 4. The molecule has 1 aromatic heterocycles. The lowest BCUT2D eigenvalue weighted by Gasteiger charge is -2.09. The maximum absolute atomic E-state index is 13.1. The Morgan fingerprint density at radius 2 is 1.57 bits per heavy atom. The molecule has 0 amide bonds. The van der Waals surface area contributed by atoms with Crippen molar-refractivity contribution < 1.29 is 8.78 Å². The SMILES string of the molecule is Fc1cc(F)cc(CNc2cccc(-n3cccc3)c2)c1. The Labute approximate surface area is 121 Å².